The summed E-state index contributed by atoms with van der Waals surface area (Å²) in [4.78, 5) is 12.6. The van der Waals surface area contributed by atoms with E-state index in [2.05, 4.69) is 22.8 Å². The Labute approximate surface area is 124 Å². The van der Waals surface area contributed by atoms with Crippen LogP contribution >= 0.6 is 22.7 Å². The highest BCUT2D eigenvalue weighted by atomic mass is 32.1. The maximum atomic E-state index is 11.4. The van der Waals surface area contributed by atoms with E-state index in [1.165, 1.54) is 14.3 Å². The first-order chi connectivity index (χ1) is 9.70. The standard InChI is InChI=1S/C15H12N2OS2/c16-15(13-7-12-11(20-13)3-4-19-12)8-1-2-10-9(5-8)6-14(18)17-10/h1-5,7,15H,6,16H2,(H,17,18). The van der Waals surface area contributed by atoms with Crippen molar-refractivity contribution in [1.82, 2.24) is 0 Å². The molecule has 3 heterocycles. The second-order valence-electron chi connectivity index (χ2n) is 4.92. The van der Waals surface area contributed by atoms with Crippen molar-refractivity contribution < 1.29 is 4.79 Å². The minimum absolute atomic E-state index is 0.0577. The third-order valence-corrected chi connectivity index (χ3v) is 5.75. The molecule has 0 aliphatic carbocycles. The van der Waals surface area contributed by atoms with Gasteiger partial charge in [-0.15, -0.1) is 22.7 Å². The molecule has 3 nitrogen and oxygen atoms in total. The summed E-state index contributed by atoms with van der Waals surface area (Å²) in [7, 11) is 0. The van der Waals surface area contributed by atoms with Crippen molar-refractivity contribution in [1.29, 1.82) is 0 Å². The third kappa shape index (κ3) is 1.86. The predicted molar refractivity (Wildman–Crippen MR) is 84.5 cm³/mol. The normalized spacial score (nSPS) is 15.3. The molecular formula is C15H12N2OS2. The van der Waals surface area contributed by atoms with E-state index in [-0.39, 0.29) is 11.9 Å². The van der Waals surface area contributed by atoms with E-state index >= 15 is 0 Å². The zero-order valence-corrected chi connectivity index (χ0v) is 12.2. The molecule has 4 rings (SSSR count). The summed E-state index contributed by atoms with van der Waals surface area (Å²) < 4.78 is 2.58. The molecule has 1 aliphatic heterocycles. The van der Waals surface area contributed by atoms with Crippen molar-refractivity contribution in [2.45, 2.75) is 12.5 Å². The molecule has 0 saturated heterocycles. The van der Waals surface area contributed by atoms with Crippen LogP contribution in [-0.4, -0.2) is 5.91 Å². The van der Waals surface area contributed by atoms with Crippen molar-refractivity contribution in [3.8, 4) is 0 Å². The lowest BCUT2D eigenvalue weighted by Crippen LogP contribution is -2.10. The van der Waals surface area contributed by atoms with E-state index in [4.69, 9.17) is 5.73 Å². The van der Waals surface area contributed by atoms with Gasteiger partial charge in [0.15, 0.2) is 0 Å². The quantitative estimate of drug-likeness (QED) is 0.761. The fourth-order valence-electron chi connectivity index (χ4n) is 2.54. The van der Waals surface area contributed by atoms with Crippen molar-refractivity contribution in [3.63, 3.8) is 0 Å². The van der Waals surface area contributed by atoms with Crippen LogP contribution in [0.2, 0.25) is 0 Å². The number of thiophene rings is 2. The van der Waals surface area contributed by atoms with Gasteiger partial charge in [0.25, 0.3) is 0 Å². The first-order valence-corrected chi connectivity index (χ1v) is 8.05. The maximum Gasteiger partial charge on any atom is 0.228 e. The number of carbonyl (C=O) groups excluding carboxylic acids is 1. The van der Waals surface area contributed by atoms with Crippen LogP contribution in [0.1, 0.15) is 22.0 Å². The number of nitrogens with one attached hydrogen (secondary N) is 1. The summed E-state index contributed by atoms with van der Waals surface area (Å²) in [5.74, 6) is 0.0577. The molecule has 0 saturated carbocycles. The lowest BCUT2D eigenvalue weighted by Gasteiger charge is -2.11. The Morgan fingerprint density at radius 2 is 2.10 bits per heavy atom. The van der Waals surface area contributed by atoms with Crippen LogP contribution in [0.3, 0.4) is 0 Å². The lowest BCUT2D eigenvalue weighted by atomic mass is 10.0. The number of nitrogens with two attached hydrogens (primary N) is 1. The third-order valence-electron chi connectivity index (χ3n) is 3.58. The topological polar surface area (TPSA) is 55.1 Å². The number of fused-ring (bicyclic) bond motifs is 2. The highest BCUT2D eigenvalue weighted by Gasteiger charge is 2.20. The fourth-order valence-corrected chi connectivity index (χ4v) is 4.69. The van der Waals surface area contributed by atoms with Crippen LogP contribution in [-0.2, 0) is 11.2 Å². The Hall–Kier alpha value is -1.69. The Morgan fingerprint density at radius 1 is 1.20 bits per heavy atom. The van der Waals surface area contributed by atoms with Crippen LogP contribution in [0.5, 0.6) is 0 Å². The van der Waals surface area contributed by atoms with Gasteiger partial charge in [0, 0.05) is 20.0 Å². The molecule has 0 radical (unpaired) electrons. The molecule has 3 aromatic rings. The summed E-state index contributed by atoms with van der Waals surface area (Å²) in [6, 6.07) is 10.2. The SMILES string of the molecule is NC(c1ccc2c(c1)CC(=O)N2)c1cc2sccc2s1. The molecule has 0 fully saturated rings. The largest absolute Gasteiger partial charge is 0.326 e. The van der Waals surface area contributed by atoms with Crippen molar-refractivity contribution in [3.05, 3.63) is 51.7 Å². The van der Waals surface area contributed by atoms with Gasteiger partial charge in [0.1, 0.15) is 0 Å². The predicted octanol–water partition coefficient (Wildman–Crippen LogP) is 3.51. The van der Waals surface area contributed by atoms with Gasteiger partial charge in [-0.05, 0) is 34.7 Å². The van der Waals surface area contributed by atoms with Crippen molar-refractivity contribution in [2.24, 2.45) is 5.73 Å². The van der Waals surface area contributed by atoms with Crippen molar-refractivity contribution >= 4 is 43.7 Å². The van der Waals surface area contributed by atoms with E-state index in [0.29, 0.717) is 6.42 Å². The number of rotatable bonds is 2. The summed E-state index contributed by atoms with van der Waals surface area (Å²) in [5, 5.41) is 4.95. The molecule has 1 atom stereocenters. The summed E-state index contributed by atoms with van der Waals surface area (Å²) >= 11 is 3.48. The molecule has 3 N–H and O–H groups in total. The first-order valence-electron chi connectivity index (χ1n) is 6.36. The number of benzene rings is 1. The highest BCUT2D eigenvalue weighted by molar-refractivity contribution is 7.27. The van der Waals surface area contributed by atoms with Gasteiger partial charge in [-0.1, -0.05) is 12.1 Å². The number of hydrogen-bond acceptors (Lipinski definition) is 4. The Kier molecular flexibility index (Phi) is 2.66. The van der Waals surface area contributed by atoms with Gasteiger partial charge < -0.3 is 11.1 Å². The van der Waals surface area contributed by atoms with Gasteiger partial charge in [-0.3, -0.25) is 4.79 Å². The van der Waals surface area contributed by atoms with Gasteiger partial charge in [0.2, 0.25) is 5.91 Å². The van der Waals surface area contributed by atoms with Crippen LogP contribution in [0.4, 0.5) is 5.69 Å². The number of anilines is 1. The Balaban J connectivity index is 1.72. The van der Waals surface area contributed by atoms with Crippen LogP contribution in [0.15, 0.2) is 35.7 Å². The molecular weight excluding hydrogens is 288 g/mol. The Bertz CT molecular complexity index is 790. The van der Waals surface area contributed by atoms with Crippen LogP contribution in [0, 0.1) is 0 Å². The molecule has 1 amide bonds. The smallest absolute Gasteiger partial charge is 0.228 e. The average molecular weight is 300 g/mol. The van der Waals surface area contributed by atoms with E-state index in [9.17, 15) is 4.79 Å². The number of amides is 1. The minimum atomic E-state index is -0.124. The lowest BCUT2D eigenvalue weighted by molar-refractivity contribution is -0.115. The molecule has 1 aromatic carbocycles. The molecule has 0 spiro atoms. The first kappa shape index (κ1) is 12.1. The summed E-state index contributed by atoms with van der Waals surface area (Å²) in [6.07, 6.45) is 0.454. The number of hydrogen-bond donors (Lipinski definition) is 2. The minimum Gasteiger partial charge on any atom is -0.326 e. The molecule has 20 heavy (non-hydrogen) atoms. The second kappa shape index (κ2) is 4.41. The van der Waals surface area contributed by atoms with Crippen LogP contribution < -0.4 is 11.1 Å². The molecule has 1 unspecified atom stereocenters. The molecule has 2 aromatic heterocycles. The molecule has 0 bridgehead atoms. The average Bonchev–Trinajstić information content (AvgIpc) is 3.08. The summed E-state index contributed by atoms with van der Waals surface area (Å²) in [5.41, 5.74) is 9.40. The zero-order valence-electron chi connectivity index (χ0n) is 10.6. The zero-order chi connectivity index (χ0) is 13.7. The van der Waals surface area contributed by atoms with Gasteiger partial charge >= 0.3 is 0 Å². The van der Waals surface area contributed by atoms with Gasteiger partial charge in [-0.2, -0.15) is 0 Å². The van der Waals surface area contributed by atoms with E-state index in [1.807, 2.05) is 18.2 Å². The van der Waals surface area contributed by atoms with E-state index in [1.54, 1.807) is 22.7 Å². The Morgan fingerprint density at radius 3 is 2.95 bits per heavy atom. The molecule has 5 heteroatoms. The maximum absolute atomic E-state index is 11.4. The van der Waals surface area contributed by atoms with Gasteiger partial charge in [0.05, 0.1) is 12.5 Å². The van der Waals surface area contributed by atoms with E-state index in [0.717, 1.165) is 16.8 Å². The highest BCUT2D eigenvalue weighted by Crippen LogP contribution is 2.36. The van der Waals surface area contributed by atoms with Crippen LogP contribution in [0.25, 0.3) is 9.40 Å². The number of carbonyl (C=O) groups is 1. The molecule has 1 aliphatic rings. The fraction of sp³-hybridized carbons (Fsp3) is 0.133. The van der Waals surface area contributed by atoms with E-state index < -0.39 is 0 Å². The molecule has 100 valence electrons. The summed E-state index contributed by atoms with van der Waals surface area (Å²) in [6.45, 7) is 0. The second-order valence-corrected chi connectivity index (χ2v) is 6.98. The van der Waals surface area contributed by atoms with Gasteiger partial charge in [-0.25, -0.2) is 0 Å². The monoisotopic (exact) mass is 300 g/mol. The van der Waals surface area contributed by atoms with Crippen molar-refractivity contribution in [2.75, 3.05) is 5.32 Å².